The highest BCUT2D eigenvalue weighted by atomic mass is 16.6. The molecule has 0 saturated carbocycles. The molecular weight excluding hydrogens is 452 g/mol. The van der Waals surface area contributed by atoms with Crippen molar-refractivity contribution in [1.82, 2.24) is 19.7 Å². The number of hydrogen-bond acceptors (Lipinski definition) is 8. The Balaban J connectivity index is 1.79. The normalized spacial score (nSPS) is 11.4. The maximum absolute atomic E-state index is 12.1. The molecule has 11 nitrogen and oxygen atoms in total. The minimum Gasteiger partial charge on any atom is -0.490 e. The fraction of sp³-hybridized carbons (Fsp3) is 0.375. The van der Waals surface area contributed by atoms with Crippen LogP contribution in [0.2, 0.25) is 0 Å². The Kier molecular flexibility index (Phi) is 7.70. The number of aryl methyl sites for hydroxylation is 1. The third-order valence-electron chi connectivity index (χ3n) is 4.85. The maximum atomic E-state index is 12.1. The quantitative estimate of drug-likeness (QED) is 0.370. The van der Waals surface area contributed by atoms with Gasteiger partial charge in [-0.25, -0.2) is 9.78 Å². The maximum Gasteiger partial charge on any atom is 0.412 e. The summed E-state index contributed by atoms with van der Waals surface area (Å²) in [5.41, 5.74) is 2.00. The van der Waals surface area contributed by atoms with E-state index < -0.39 is 16.6 Å². The van der Waals surface area contributed by atoms with Gasteiger partial charge in [0, 0.05) is 31.9 Å². The van der Waals surface area contributed by atoms with E-state index in [9.17, 15) is 14.9 Å². The van der Waals surface area contributed by atoms with Gasteiger partial charge in [-0.2, -0.15) is 5.10 Å². The molecule has 1 aromatic heterocycles. The first-order chi connectivity index (χ1) is 16.4. The zero-order valence-electron chi connectivity index (χ0n) is 20.7. The van der Waals surface area contributed by atoms with E-state index in [1.807, 2.05) is 30.1 Å². The summed E-state index contributed by atoms with van der Waals surface area (Å²) in [6.45, 7) is 6.37. The van der Waals surface area contributed by atoms with Crippen LogP contribution in [-0.2, 0) is 24.9 Å². The number of hydrogen-bond donors (Lipinski definition) is 1. The molecule has 0 aliphatic carbocycles. The van der Waals surface area contributed by atoms with Gasteiger partial charge in [0.2, 0.25) is 5.75 Å². The number of nitro groups is 1. The lowest BCUT2D eigenvalue weighted by atomic mass is 10.1. The molecule has 35 heavy (non-hydrogen) atoms. The highest BCUT2D eigenvalue weighted by Crippen LogP contribution is 2.38. The van der Waals surface area contributed by atoms with Crippen LogP contribution >= 0.6 is 0 Å². The summed E-state index contributed by atoms with van der Waals surface area (Å²) in [5.74, 6) is 0.464. The van der Waals surface area contributed by atoms with Crippen LogP contribution in [0.25, 0.3) is 11.4 Å². The van der Waals surface area contributed by atoms with Gasteiger partial charge < -0.3 is 9.47 Å². The Hall–Kier alpha value is -3.99. The van der Waals surface area contributed by atoms with Gasteiger partial charge in [-0.3, -0.25) is 25.0 Å². The summed E-state index contributed by atoms with van der Waals surface area (Å²) in [5, 5.41) is 18.7. The van der Waals surface area contributed by atoms with E-state index in [1.165, 1.54) is 24.2 Å². The van der Waals surface area contributed by atoms with Crippen LogP contribution in [0.5, 0.6) is 5.75 Å². The number of amides is 1. The van der Waals surface area contributed by atoms with Gasteiger partial charge in [-0.15, -0.1) is 0 Å². The number of benzene rings is 2. The average Bonchev–Trinajstić information content (AvgIpc) is 3.18. The molecule has 1 heterocycles. The van der Waals surface area contributed by atoms with Crippen LogP contribution in [0.4, 0.5) is 16.2 Å². The lowest BCUT2D eigenvalue weighted by molar-refractivity contribution is -0.385. The van der Waals surface area contributed by atoms with Gasteiger partial charge in [-0.05, 0) is 57.1 Å². The molecule has 0 spiro atoms. The van der Waals surface area contributed by atoms with E-state index in [1.54, 1.807) is 40.0 Å². The number of ether oxygens (including phenoxy) is 2. The van der Waals surface area contributed by atoms with Crippen molar-refractivity contribution in [1.29, 1.82) is 0 Å². The Morgan fingerprint density at radius 1 is 1.20 bits per heavy atom. The molecule has 3 aromatic rings. The smallest absolute Gasteiger partial charge is 0.412 e. The monoisotopic (exact) mass is 482 g/mol. The molecule has 1 amide bonds. The van der Waals surface area contributed by atoms with Crippen molar-refractivity contribution < 1.29 is 19.2 Å². The van der Waals surface area contributed by atoms with Gasteiger partial charge in [0.1, 0.15) is 11.9 Å². The third-order valence-corrected chi connectivity index (χ3v) is 4.85. The molecule has 3 rings (SSSR count). The van der Waals surface area contributed by atoms with Crippen LogP contribution in [0.3, 0.4) is 0 Å². The predicted octanol–water partition coefficient (Wildman–Crippen LogP) is 4.38. The molecular formula is C24H30N6O5. The highest BCUT2D eigenvalue weighted by Gasteiger charge is 2.24. The predicted molar refractivity (Wildman–Crippen MR) is 131 cm³/mol. The van der Waals surface area contributed by atoms with E-state index in [-0.39, 0.29) is 11.4 Å². The van der Waals surface area contributed by atoms with E-state index >= 15 is 0 Å². The van der Waals surface area contributed by atoms with Crippen LogP contribution in [-0.4, -0.2) is 50.4 Å². The van der Waals surface area contributed by atoms with E-state index in [0.29, 0.717) is 35.7 Å². The number of rotatable bonds is 8. The molecule has 2 aromatic carbocycles. The summed E-state index contributed by atoms with van der Waals surface area (Å²) in [7, 11) is 5.02. The van der Waals surface area contributed by atoms with Gasteiger partial charge in [0.05, 0.1) is 17.6 Å². The number of anilines is 1. The van der Waals surface area contributed by atoms with E-state index in [0.717, 1.165) is 5.56 Å². The van der Waals surface area contributed by atoms with Crippen LogP contribution in [0.1, 0.15) is 31.9 Å². The van der Waals surface area contributed by atoms with Gasteiger partial charge in [0.25, 0.3) is 0 Å². The standard InChI is InChI=1S/C24H30N6O5/c1-24(2,3)35-23(31)26-18-9-7-8-16(10-18)13-28(4)14-17-11-19(22-25-15-29(5)27-22)21(34-6)20(12-17)30(32)33/h7-12,15H,13-14H2,1-6H3,(H,26,31). The Bertz CT molecular complexity index is 1220. The first-order valence-electron chi connectivity index (χ1n) is 10.9. The summed E-state index contributed by atoms with van der Waals surface area (Å²) >= 11 is 0. The minimum absolute atomic E-state index is 0.119. The molecule has 0 atom stereocenters. The van der Waals surface area contributed by atoms with E-state index in [2.05, 4.69) is 15.4 Å². The second kappa shape index (κ2) is 10.5. The molecule has 0 aliphatic rings. The van der Waals surface area contributed by atoms with Crippen LogP contribution in [0, 0.1) is 10.1 Å². The SMILES string of the molecule is COc1c(-c2ncn(C)n2)cc(CN(C)Cc2cccc(NC(=O)OC(C)(C)C)c2)cc1[N+](=O)[O-]. The summed E-state index contributed by atoms with van der Waals surface area (Å²) in [6, 6.07) is 10.7. The van der Waals surface area contributed by atoms with Crippen molar-refractivity contribution in [2.45, 2.75) is 39.5 Å². The number of aromatic nitrogens is 3. The van der Waals surface area contributed by atoms with Crippen molar-refractivity contribution in [2.75, 3.05) is 19.5 Å². The topological polar surface area (TPSA) is 125 Å². The second-order valence-electron chi connectivity index (χ2n) is 9.19. The summed E-state index contributed by atoms with van der Waals surface area (Å²) in [4.78, 5) is 29.6. The molecule has 0 aliphatic heterocycles. The molecule has 0 fully saturated rings. The molecule has 0 radical (unpaired) electrons. The lowest BCUT2D eigenvalue weighted by Gasteiger charge is -2.20. The summed E-state index contributed by atoms with van der Waals surface area (Å²) in [6.07, 6.45) is 1.00. The Morgan fingerprint density at radius 3 is 2.51 bits per heavy atom. The number of carbonyl (C=O) groups is 1. The average molecular weight is 483 g/mol. The molecule has 11 heteroatoms. The number of methoxy groups -OCH3 is 1. The van der Waals surface area contributed by atoms with Crippen molar-refractivity contribution in [3.05, 3.63) is 64.0 Å². The minimum atomic E-state index is -0.591. The first kappa shape index (κ1) is 25.6. The number of nitrogens with zero attached hydrogens (tertiary/aromatic N) is 5. The first-order valence-corrected chi connectivity index (χ1v) is 10.9. The van der Waals surface area contributed by atoms with E-state index in [4.69, 9.17) is 9.47 Å². The Labute approximate surface area is 203 Å². The second-order valence-corrected chi connectivity index (χ2v) is 9.19. The van der Waals surface area contributed by atoms with Gasteiger partial charge >= 0.3 is 11.8 Å². The molecule has 186 valence electrons. The van der Waals surface area contributed by atoms with Crippen LogP contribution < -0.4 is 10.1 Å². The van der Waals surface area contributed by atoms with Gasteiger partial charge in [0.15, 0.2) is 5.82 Å². The van der Waals surface area contributed by atoms with Crippen molar-refractivity contribution in [3.63, 3.8) is 0 Å². The molecule has 0 saturated heterocycles. The molecule has 0 bridgehead atoms. The van der Waals surface area contributed by atoms with Gasteiger partial charge in [-0.1, -0.05) is 12.1 Å². The number of nitrogens with one attached hydrogen (secondary N) is 1. The fourth-order valence-electron chi connectivity index (χ4n) is 3.59. The number of nitro benzene ring substituents is 1. The largest absolute Gasteiger partial charge is 0.490 e. The van der Waals surface area contributed by atoms with Crippen molar-refractivity contribution in [2.24, 2.45) is 7.05 Å². The molecule has 0 unspecified atom stereocenters. The highest BCUT2D eigenvalue weighted by molar-refractivity contribution is 5.84. The Morgan fingerprint density at radius 2 is 1.91 bits per heavy atom. The van der Waals surface area contributed by atoms with Crippen molar-refractivity contribution >= 4 is 17.5 Å². The number of carbonyl (C=O) groups excluding carboxylic acids is 1. The zero-order chi connectivity index (χ0) is 25.8. The third kappa shape index (κ3) is 7.00. The zero-order valence-corrected chi connectivity index (χ0v) is 20.7. The molecule has 1 N–H and O–H groups in total. The van der Waals surface area contributed by atoms with Crippen LogP contribution in [0.15, 0.2) is 42.7 Å². The fourth-order valence-corrected chi connectivity index (χ4v) is 3.59. The summed E-state index contributed by atoms with van der Waals surface area (Å²) < 4.78 is 12.2. The lowest BCUT2D eigenvalue weighted by Crippen LogP contribution is -2.27. The van der Waals surface area contributed by atoms with Crippen molar-refractivity contribution in [3.8, 4) is 17.1 Å².